The maximum atomic E-state index is 11.6. The Bertz CT molecular complexity index is 1120. The Kier molecular flexibility index (Phi) is 2.41. The fraction of sp³-hybridized carbons (Fsp3) is 0.150. The zero-order chi connectivity index (χ0) is 15.6. The third kappa shape index (κ3) is 1.67. The first-order valence-corrected chi connectivity index (χ1v) is 7.76. The highest BCUT2D eigenvalue weighted by molar-refractivity contribution is 6.16. The van der Waals surface area contributed by atoms with E-state index in [9.17, 15) is 4.79 Å². The van der Waals surface area contributed by atoms with Gasteiger partial charge in [-0.3, -0.25) is 4.79 Å². The topological polar surface area (TPSA) is 43.4 Å². The molecule has 0 saturated carbocycles. The maximum Gasteiger partial charge on any atom is 0.147 e. The molecule has 2 aromatic heterocycles. The quantitative estimate of drug-likeness (QED) is 0.491. The van der Waals surface area contributed by atoms with E-state index in [1.165, 1.54) is 0 Å². The van der Waals surface area contributed by atoms with E-state index in [-0.39, 0.29) is 11.7 Å². The molecule has 1 atom stereocenters. The summed E-state index contributed by atoms with van der Waals surface area (Å²) < 4.78 is 12.1. The van der Waals surface area contributed by atoms with Crippen LogP contribution in [0.2, 0.25) is 0 Å². The van der Waals surface area contributed by atoms with E-state index in [2.05, 4.69) is 6.07 Å². The molecular formula is C20H14O3. The highest BCUT2D eigenvalue weighted by Crippen LogP contribution is 2.40. The van der Waals surface area contributed by atoms with Gasteiger partial charge in [0.15, 0.2) is 0 Å². The first kappa shape index (κ1) is 12.7. The average molecular weight is 302 g/mol. The van der Waals surface area contributed by atoms with Crippen molar-refractivity contribution in [1.29, 1.82) is 0 Å². The predicted octanol–water partition coefficient (Wildman–Crippen LogP) is 5.11. The number of carbonyl (C=O) groups is 1. The summed E-state index contributed by atoms with van der Waals surface area (Å²) in [5, 5.41) is 3.21. The third-order valence-electron chi connectivity index (χ3n) is 4.73. The second kappa shape index (κ2) is 4.35. The van der Waals surface area contributed by atoms with Gasteiger partial charge < -0.3 is 8.83 Å². The van der Waals surface area contributed by atoms with Crippen LogP contribution in [-0.2, 0) is 11.2 Å². The lowest BCUT2D eigenvalue weighted by atomic mass is 9.91. The number of hydrogen-bond donors (Lipinski definition) is 0. The largest absolute Gasteiger partial charge is 0.460 e. The van der Waals surface area contributed by atoms with E-state index in [0.717, 1.165) is 44.2 Å². The molecule has 0 amide bonds. The molecule has 112 valence electrons. The zero-order valence-corrected chi connectivity index (χ0v) is 12.6. The number of para-hydroxylation sites is 1. The fourth-order valence-electron chi connectivity index (χ4n) is 3.53. The van der Waals surface area contributed by atoms with Gasteiger partial charge in [-0.1, -0.05) is 30.4 Å². The van der Waals surface area contributed by atoms with Crippen LogP contribution in [0.4, 0.5) is 0 Å². The van der Waals surface area contributed by atoms with Crippen LogP contribution in [0.1, 0.15) is 18.2 Å². The highest BCUT2D eigenvalue weighted by atomic mass is 16.3. The lowest BCUT2D eigenvalue weighted by Crippen LogP contribution is -2.13. The number of rotatable bonds is 1. The molecule has 1 aliphatic carbocycles. The van der Waals surface area contributed by atoms with Gasteiger partial charge in [0.1, 0.15) is 28.3 Å². The van der Waals surface area contributed by atoms with Crippen LogP contribution in [0, 0.1) is 5.92 Å². The van der Waals surface area contributed by atoms with E-state index in [4.69, 9.17) is 8.83 Å². The van der Waals surface area contributed by atoms with Crippen LogP contribution < -0.4 is 0 Å². The van der Waals surface area contributed by atoms with Crippen LogP contribution in [-0.4, -0.2) is 5.78 Å². The molecule has 23 heavy (non-hydrogen) atoms. The van der Waals surface area contributed by atoms with Crippen LogP contribution in [0.5, 0.6) is 0 Å². The van der Waals surface area contributed by atoms with Gasteiger partial charge in [0.2, 0.25) is 0 Å². The Hall–Kier alpha value is -2.81. The fourth-order valence-corrected chi connectivity index (χ4v) is 3.53. The molecule has 2 aromatic carbocycles. The van der Waals surface area contributed by atoms with Crippen LogP contribution in [0.25, 0.3) is 39.0 Å². The number of furan rings is 2. The minimum Gasteiger partial charge on any atom is -0.460 e. The van der Waals surface area contributed by atoms with E-state index in [1.54, 1.807) is 6.92 Å². The Morgan fingerprint density at radius 2 is 1.91 bits per heavy atom. The van der Waals surface area contributed by atoms with Crippen molar-refractivity contribution < 1.29 is 13.6 Å². The second-order valence-corrected chi connectivity index (χ2v) is 6.13. The van der Waals surface area contributed by atoms with Gasteiger partial charge in [-0.2, -0.15) is 0 Å². The number of ketones is 1. The standard InChI is InChI=1S/C20H14O3/c1-11(21)12-6-7-15-18(10-12)22-17-9-8-14-13-4-2-3-5-16(13)23-20(14)19(15)17/h2-9,12H,10H2,1H3. The normalized spacial score (nSPS) is 17.2. The molecule has 5 rings (SSSR count). The first-order valence-electron chi connectivity index (χ1n) is 7.76. The Labute approximate surface area is 132 Å². The number of allylic oxidation sites excluding steroid dienone is 1. The van der Waals surface area contributed by atoms with Crippen molar-refractivity contribution in [2.75, 3.05) is 0 Å². The molecule has 0 N–H and O–H groups in total. The molecule has 0 bridgehead atoms. The Balaban J connectivity index is 1.87. The summed E-state index contributed by atoms with van der Waals surface area (Å²) >= 11 is 0. The smallest absolute Gasteiger partial charge is 0.147 e. The van der Waals surface area contributed by atoms with E-state index >= 15 is 0 Å². The Morgan fingerprint density at radius 1 is 1.04 bits per heavy atom. The van der Waals surface area contributed by atoms with E-state index < -0.39 is 0 Å². The van der Waals surface area contributed by atoms with E-state index in [0.29, 0.717) is 6.42 Å². The van der Waals surface area contributed by atoms with Crippen molar-refractivity contribution in [3.63, 3.8) is 0 Å². The van der Waals surface area contributed by atoms with Crippen molar-refractivity contribution in [2.45, 2.75) is 13.3 Å². The molecule has 1 unspecified atom stereocenters. The molecular weight excluding hydrogens is 288 g/mol. The number of benzene rings is 2. The SMILES string of the molecule is CC(=O)C1C=Cc2c(oc3ccc4c5ccccc5oc4c23)C1. The van der Waals surface area contributed by atoms with Crippen molar-refractivity contribution in [1.82, 2.24) is 0 Å². The number of carbonyl (C=O) groups excluding carboxylic acids is 1. The van der Waals surface area contributed by atoms with Crippen LogP contribution in [0.3, 0.4) is 0 Å². The van der Waals surface area contributed by atoms with Gasteiger partial charge >= 0.3 is 0 Å². The molecule has 0 radical (unpaired) electrons. The Morgan fingerprint density at radius 3 is 2.78 bits per heavy atom. The summed E-state index contributed by atoms with van der Waals surface area (Å²) in [6.07, 6.45) is 4.60. The lowest BCUT2D eigenvalue weighted by Gasteiger charge is -2.12. The van der Waals surface area contributed by atoms with Gasteiger partial charge in [0.05, 0.1) is 5.39 Å². The van der Waals surface area contributed by atoms with Crippen molar-refractivity contribution in [2.24, 2.45) is 5.92 Å². The molecule has 3 nitrogen and oxygen atoms in total. The molecule has 3 heteroatoms. The second-order valence-electron chi connectivity index (χ2n) is 6.13. The summed E-state index contributed by atoms with van der Waals surface area (Å²) in [5.74, 6) is 0.950. The third-order valence-corrected chi connectivity index (χ3v) is 4.73. The molecule has 0 fully saturated rings. The average Bonchev–Trinajstić information content (AvgIpc) is 3.11. The maximum absolute atomic E-state index is 11.6. The molecule has 0 spiro atoms. The van der Waals surface area contributed by atoms with E-state index in [1.807, 2.05) is 42.5 Å². The molecule has 0 saturated heterocycles. The predicted molar refractivity (Wildman–Crippen MR) is 90.4 cm³/mol. The monoisotopic (exact) mass is 302 g/mol. The number of fused-ring (bicyclic) bond motifs is 7. The summed E-state index contributed by atoms with van der Waals surface area (Å²) in [4.78, 5) is 11.6. The molecule has 4 aromatic rings. The molecule has 0 aliphatic heterocycles. The summed E-state index contributed by atoms with van der Waals surface area (Å²) in [5.41, 5.74) is 3.60. The van der Waals surface area contributed by atoms with Gasteiger partial charge in [0.25, 0.3) is 0 Å². The van der Waals surface area contributed by atoms with Gasteiger partial charge in [0, 0.05) is 28.7 Å². The number of hydrogen-bond acceptors (Lipinski definition) is 3. The highest BCUT2D eigenvalue weighted by Gasteiger charge is 2.25. The van der Waals surface area contributed by atoms with Crippen LogP contribution in [0.15, 0.2) is 51.3 Å². The minimum absolute atomic E-state index is 0.0887. The van der Waals surface area contributed by atoms with Crippen molar-refractivity contribution >= 4 is 44.8 Å². The van der Waals surface area contributed by atoms with Gasteiger partial charge in [-0.15, -0.1) is 0 Å². The van der Waals surface area contributed by atoms with Gasteiger partial charge in [-0.05, 0) is 25.1 Å². The summed E-state index contributed by atoms with van der Waals surface area (Å²) in [6.45, 7) is 1.63. The van der Waals surface area contributed by atoms with Crippen molar-refractivity contribution in [3.05, 3.63) is 53.8 Å². The van der Waals surface area contributed by atoms with Crippen LogP contribution >= 0.6 is 0 Å². The first-order chi connectivity index (χ1) is 11.2. The zero-order valence-electron chi connectivity index (χ0n) is 12.6. The summed E-state index contributed by atoms with van der Waals surface area (Å²) in [6, 6.07) is 12.1. The minimum atomic E-state index is -0.0887. The molecule has 2 heterocycles. The van der Waals surface area contributed by atoms with Crippen molar-refractivity contribution in [3.8, 4) is 0 Å². The molecule has 1 aliphatic rings. The number of Topliss-reactive ketones (excluding diaryl/α,β-unsaturated/α-hetero) is 1. The summed E-state index contributed by atoms with van der Waals surface area (Å²) in [7, 11) is 0. The van der Waals surface area contributed by atoms with Gasteiger partial charge in [-0.25, -0.2) is 0 Å². The lowest BCUT2D eigenvalue weighted by molar-refractivity contribution is -0.119.